The monoisotopic (exact) mass is 771 g/mol. The Morgan fingerprint density at radius 2 is 1.82 bits per heavy atom. The summed E-state index contributed by atoms with van der Waals surface area (Å²) < 4.78 is 40.3. The summed E-state index contributed by atoms with van der Waals surface area (Å²) in [6, 6.07) is 14.1. The van der Waals surface area contributed by atoms with Gasteiger partial charge in [0.25, 0.3) is 5.91 Å². The second kappa shape index (κ2) is 14.9. The number of cyclic esters (lactones) is 1. The lowest BCUT2D eigenvalue weighted by atomic mass is 9.85. The van der Waals surface area contributed by atoms with E-state index in [-0.39, 0.29) is 19.4 Å². The van der Waals surface area contributed by atoms with Gasteiger partial charge in [-0.15, -0.1) is 6.58 Å². The molecule has 13 nitrogen and oxygen atoms in total. The molecule has 7 rings (SSSR count). The van der Waals surface area contributed by atoms with Gasteiger partial charge in [-0.05, 0) is 79.0 Å². The third-order valence-corrected chi connectivity index (χ3v) is 13.0. The van der Waals surface area contributed by atoms with Crippen molar-refractivity contribution in [1.29, 1.82) is 0 Å². The second-order valence-corrected chi connectivity index (χ2v) is 18.2. The Bertz CT molecular complexity index is 2100. The van der Waals surface area contributed by atoms with Crippen molar-refractivity contribution in [1.82, 2.24) is 25.2 Å². The normalized spacial score (nSPS) is 27.5. The fraction of sp³-hybridized carbons (Fsp3) is 0.488. The molecule has 292 valence electrons. The number of nitrogens with zero attached hydrogens (tertiary/aromatic N) is 2. The SMILES string of the molecule is C=C[C@@H]1C[C@]1(NC(=O)[C@@H]1C[C@H]2Oc3nccc4ccc(cc34)CCCCCOC(=O)N[C@@H](C(C)(C)C)C(=O)N1C2c1ccccc1)C(=O)NS(=O)(=O)C1CC1. The quantitative estimate of drug-likeness (QED) is 0.284. The van der Waals surface area contributed by atoms with Gasteiger partial charge in [0.15, 0.2) is 0 Å². The number of carbonyl (C=O) groups excluding carboxylic acids is 4. The summed E-state index contributed by atoms with van der Waals surface area (Å²) in [6.45, 7) is 9.43. The largest absolute Gasteiger partial charge is 0.471 e. The number of carbonyl (C=O) groups is 4. The highest BCUT2D eigenvalue weighted by Gasteiger charge is 2.62. The molecule has 1 unspecified atom stereocenters. The zero-order valence-corrected chi connectivity index (χ0v) is 32.3. The Labute approximate surface area is 321 Å². The lowest BCUT2D eigenvalue weighted by Gasteiger charge is -2.38. The zero-order chi connectivity index (χ0) is 39.1. The summed E-state index contributed by atoms with van der Waals surface area (Å²) in [5, 5.41) is 6.73. The number of sulfonamides is 1. The second-order valence-electron chi connectivity index (χ2n) is 16.3. The Morgan fingerprint density at radius 1 is 1.05 bits per heavy atom. The maximum Gasteiger partial charge on any atom is 0.407 e. The molecule has 3 N–H and O–H groups in total. The highest BCUT2D eigenvalue weighted by atomic mass is 32.2. The van der Waals surface area contributed by atoms with E-state index in [0.29, 0.717) is 30.7 Å². The molecule has 3 aromatic rings. The molecule has 3 fully saturated rings. The number of ether oxygens (including phenoxy) is 2. The van der Waals surface area contributed by atoms with Crippen molar-refractivity contribution in [2.24, 2.45) is 11.3 Å². The van der Waals surface area contributed by atoms with Crippen molar-refractivity contribution in [3.8, 4) is 5.88 Å². The van der Waals surface area contributed by atoms with Crippen molar-refractivity contribution in [3.63, 3.8) is 0 Å². The summed E-state index contributed by atoms with van der Waals surface area (Å²) in [5.41, 5.74) is -0.650. The van der Waals surface area contributed by atoms with Crippen LogP contribution in [0.3, 0.4) is 0 Å². The van der Waals surface area contributed by atoms with E-state index >= 15 is 4.79 Å². The summed E-state index contributed by atoms with van der Waals surface area (Å²) in [5.74, 6) is -2.25. The van der Waals surface area contributed by atoms with Gasteiger partial charge in [0.05, 0.1) is 17.9 Å². The number of aromatic nitrogens is 1. The summed E-state index contributed by atoms with van der Waals surface area (Å²) in [6.07, 6.45) is 5.79. The predicted molar refractivity (Wildman–Crippen MR) is 205 cm³/mol. The molecule has 1 aromatic heterocycles. The standard InChI is InChI=1S/C41H49N5O8S/c1-5-28-24-41(28,38(49)45-55(51,52)29-17-18-29)44-35(47)31-23-32-33(27-13-9-6-10-14-27)46(31)37(48)34(40(2,3)4)43-39(50)53-21-11-7-8-12-25-15-16-26-19-20-42-36(54-32)30(26)22-25/h5-6,9-10,13-16,19-20,22,28-29,31-34H,1,7-8,11-12,17-18,21,23-24H2,2-4H3,(H,43,50)(H,44,47)(H,45,49)/t28-,31+,32-,33?,34-,41-/m1/s1. The van der Waals surface area contributed by atoms with Crippen molar-refractivity contribution in [3.05, 3.63) is 84.6 Å². The van der Waals surface area contributed by atoms with Crippen molar-refractivity contribution >= 4 is 44.6 Å². The molecular formula is C41H49N5O8S. The number of hydrogen-bond acceptors (Lipinski definition) is 9. The molecule has 3 heterocycles. The first kappa shape index (κ1) is 38.3. The Kier molecular flexibility index (Phi) is 10.4. The van der Waals surface area contributed by atoms with Crippen molar-refractivity contribution in [2.75, 3.05) is 6.61 Å². The van der Waals surface area contributed by atoms with Crippen LogP contribution < -0.4 is 20.1 Å². The van der Waals surface area contributed by atoms with Gasteiger partial charge in [-0.2, -0.15) is 0 Å². The van der Waals surface area contributed by atoms with Crippen LogP contribution in [0, 0.1) is 11.3 Å². The molecule has 2 aliphatic carbocycles. The summed E-state index contributed by atoms with van der Waals surface area (Å²) >= 11 is 0. The highest BCUT2D eigenvalue weighted by Crippen LogP contribution is 2.47. The minimum atomic E-state index is -3.92. The number of nitrogens with one attached hydrogen (secondary N) is 3. The molecule has 55 heavy (non-hydrogen) atoms. The zero-order valence-electron chi connectivity index (χ0n) is 31.5. The van der Waals surface area contributed by atoms with E-state index in [4.69, 9.17) is 9.47 Å². The van der Waals surface area contributed by atoms with Crippen LogP contribution >= 0.6 is 0 Å². The first-order chi connectivity index (χ1) is 26.2. The maximum absolute atomic E-state index is 15.2. The highest BCUT2D eigenvalue weighted by molar-refractivity contribution is 7.91. The summed E-state index contributed by atoms with van der Waals surface area (Å²) in [7, 11) is -3.92. The Morgan fingerprint density at radius 3 is 2.51 bits per heavy atom. The molecule has 1 saturated heterocycles. The van der Waals surface area contributed by atoms with E-state index in [1.54, 1.807) is 6.20 Å². The lowest BCUT2D eigenvalue weighted by Crippen LogP contribution is -2.60. The van der Waals surface area contributed by atoms with E-state index in [2.05, 4.69) is 39.1 Å². The maximum atomic E-state index is 15.2. The average Bonchev–Trinajstić information content (AvgIpc) is 4.08. The number of rotatable bonds is 7. The molecule has 2 aliphatic heterocycles. The fourth-order valence-electron chi connectivity index (χ4n) is 7.83. The Balaban J connectivity index is 1.32. The number of hydrogen-bond donors (Lipinski definition) is 3. The molecule has 6 atom stereocenters. The van der Waals surface area contributed by atoms with Crippen LogP contribution in [-0.2, 0) is 35.6 Å². The number of benzene rings is 2. The number of alkyl carbamates (subject to hydrolysis) is 1. The predicted octanol–water partition coefficient (Wildman–Crippen LogP) is 4.86. The van der Waals surface area contributed by atoms with Gasteiger partial charge in [0, 0.05) is 23.9 Å². The smallest absolute Gasteiger partial charge is 0.407 e. The minimum Gasteiger partial charge on any atom is -0.471 e. The van der Waals surface area contributed by atoms with Crippen molar-refractivity contribution < 1.29 is 37.1 Å². The number of fused-ring (bicyclic) bond motifs is 3. The number of amides is 4. The van der Waals surface area contributed by atoms with Crippen LogP contribution in [0.4, 0.5) is 4.79 Å². The molecular weight excluding hydrogens is 723 g/mol. The van der Waals surface area contributed by atoms with E-state index in [9.17, 15) is 22.8 Å². The first-order valence-electron chi connectivity index (χ1n) is 19.1. The van der Waals surface area contributed by atoms with E-state index in [0.717, 1.165) is 35.6 Å². The van der Waals surface area contributed by atoms with E-state index < -0.39 is 80.2 Å². The molecule has 2 aromatic carbocycles. The average molecular weight is 772 g/mol. The molecule has 14 heteroatoms. The van der Waals surface area contributed by atoms with Crippen LogP contribution in [0.15, 0.2) is 73.4 Å². The van der Waals surface area contributed by atoms with Gasteiger partial charge in [-0.25, -0.2) is 18.2 Å². The van der Waals surface area contributed by atoms with Gasteiger partial charge in [-0.1, -0.05) is 69.3 Å². The van der Waals surface area contributed by atoms with Gasteiger partial charge in [-0.3, -0.25) is 19.1 Å². The lowest BCUT2D eigenvalue weighted by molar-refractivity contribution is -0.145. The first-order valence-corrected chi connectivity index (χ1v) is 20.6. The van der Waals surface area contributed by atoms with E-state index in [1.165, 1.54) is 11.0 Å². The molecule has 4 aliphatic rings. The molecule has 4 bridgehead atoms. The van der Waals surface area contributed by atoms with Crippen molar-refractivity contribution in [2.45, 2.75) is 107 Å². The van der Waals surface area contributed by atoms with Crippen LogP contribution in [0.1, 0.15) is 82.9 Å². The van der Waals surface area contributed by atoms with Crippen LogP contribution in [0.5, 0.6) is 5.88 Å². The number of aryl methyl sites for hydroxylation is 1. The molecule has 0 radical (unpaired) electrons. The topological polar surface area (TPSA) is 173 Å². The Hall–Kier alpha value is -4.98. The van der Waals surface area contributed by atoms with Gasteiger partial charge >= 0.3 is 6.09 Å². The van der Waals surface area contributed by atoms with Gasteiger partial charge in [0.2, 0.25) is 27.7 Å². The number of pyridine rings is 1. The minimum absolute atomic E-state index is 0.00692. The summed E-state index contributed by atoms with van der Waals surface area (Å²) in [4.78, 5) is 63.0. The third-order valence-electron chi connectivity index (χ3n) is 11.2. The van der Waals surface area contributed by atoms with Crippen LogP contribution in [0.2, 0.25) is 0 Å². The van der Waals surface area contributed by atoms with Crippen LogP contribution in [0.25, 0.3) is 10.8 Å². The van der Waals surface area contributed by atoms with E-state index in [1.807, 2.05) is 63.2 Å². The molecule has 2 saturated carbocycles. The fourth-order valence-corrected chi connectivity index (χ4v) is 9.19. The van der Waals surface area contributed by atoms with Crippen LogP contribution in [-0.4, -0.2) is 77.7 Å². The third kappa shape index (κ3) is 7.91. The molecule has 4 amide bonds. The van der Waals surface area contributed by atoms with Gasteiger partial charge in [0.1, 0.15) is 23.7 Å². The van der Waals surface area contributed by atoms with Gasteiger partial charge < -0.3 is 25.0 Å². The molecule has 0 spiro atoms.